The van der Waals surface area contributed by atoms with E-state index in [9.17, 15) is 8.42 Å². The van der Waals surface area contributed by atoms with Crippen LogP contribution in [-0.4, -0.2) is 50.3 Å². The molecule has 1 aliphatic heterocycles. The van der Waals surface area contributed by atoms with Gasteiger partial charge in [-0.15, -0.1) is 0 Å². The minimum absolute atomic E-state index is 0.0480. The highest BCUT2D eigenvalue weighted by Crippen LogP contribution is 2.15. The molecule has 7 heteroatoms. The summed E-state index contributed by atoms with van der Waals surface area (Å²) in [6.45, 7) is 5.80. The molecule has 1 heterocycles. The summed E-state index contributed by atoms with van der Waals surface area (Å²) in [6, 6.07) is 7.97. The molecular weight excluding hydrogens is 368 g/mol. The Bertz CT molecular complexity index is 584. The summed E-state index contributed by atoms with van der Waals surface area (Å²) in [5.74, 6) is 0.112. The molecule has 1 fully saturated rings. The zero-order chi connectivity index (χ0) is 16.2. The lowest BCUT2D eigenvalue weighted by Crippen LogP contribution is -2.49. The molecule has 1 N–H and O–H groups in total. The number of nitrogens with one attached hydrogen (secondary N) is 1. The Morgan fingerprint density at radius 1 is 1.32 bits per heavy atom. The fourth-order valence-electron chi connectivity index (χ4n) is 2.57. The maximum atomic E-state index is 12.4. The van der Waals surface area contributed by atoms with Crippen molar-refractivity contribution in [1.82, 2.24) is 9.62 Å². The van der Waals surface area contributed by atoms with Crippen LogP contribution in [0.5, 0.6) is 0 Å². The van der Waals surface area contributed by atoms with Gasteiger partial charge in [-0.1, -0.05) is 28.1 Å². The van der Waals surface area contributed by atoms with Crippen LogP contribution in [0, 0.1) is 0 Å². The van der Waals surface area contributed by atoms with Crippen LogP contribution in [0.15, 0.2) is 28.7 Å². The zero-order valence-corrected chi connectivity index (χ0v) is 15.4. The van der Waals surface area contributed by atoms with Crippen molar-refractivity contribution < 1.29 is 13.2 Å². The summed E-state index contributed by atoms with van der Waals surface area (Å²) in [5.41, 5.74) is 1.13. The van der Waals surface area contributed by atoms with Crippen molar-refractivity contribution in [1.29, 1.82) is 0 Å². The zero-order valence-electron chi connectivity index (χ0n) is 13.0. The lowest BCUT2D eigenvalue weighted by molar-refractivity contribution is -0.0440. The van der Waals surface area contributed by atoms with Crippen LogP contribution in [0.2, 0.25) is 0 Å². The van der Waals surface area contributed by atoms with E-state index in [0.717, 1.165) is 10.0 Å². The second kappa shape index (κ2) is 7.88. The Balaban J connectivity index is 1.80. The van der Waals surface area contributed by atoms with Crippen molar-refractivity contribution in [2.45, 2.75) is 32.6 Å². The van der Waals surface area contributed by atoms with Crippen molar-refractivity contribution in [2.75, 3.05) is 25.4 Å². The molecule has 0 spiro atoms. The highest BCUT2D eigenvalue weighted by Gasteiger charge is 2.30. The Morgan fingerprint density at radius 2 is 2.00 bits per heavy atom. The average Bonchev–Trinajstić information content (AvgIpc) is 2.43. The van der Waals surface area contributed by atoms with Crippen LogP contribution < -0.4 is 5.32 Å². The summed E-state index contributed by atoms with van der Waals surface area (Å²) in [4.78, 5) is 0. The number of halogens is 1. The predicted molar refractivity (Wildman–Crippen MR) is 91.2 cm³/mol. The Morgan fingerprint density at radius 3 is 2.64 bits per heavy atom. The minimum atomic E-state index is -3.23. The summed E-state index contributed by atoms with van der Waals surface area (Å²) in [5, 5.41) is 3.19. The van der Waals surface area contributed by atoms with Gasteiger partial charge in [0.1, 0.15) is 0 Å². The Hall–Kier alpha value is -0.470. The first-order chi connectivity index (χ1) is 10.4. The lowest BCUT2D eigenvalue weighted by Gasteiger charge is -2.34. The van der Waals surface area contributed by atoms with E-state index in [1.165, 1.54) is 0 Å². The molecule has 0 amide bonds. The minimum Gasteiger partial charge on any atom is -0.373 e. The highest BCUT2D eigenvalue weighted by molar-refractivity contribution is 9.10. The lowest BCUT2D eigenvalue weighted by atomic mass is 10.2. The normalized spacial score (nSPS) is 23.6. The fourth-order valence-corrected chi connectivity index (χ4v) is 4.55. The van der Waals surface area contributed by atoms with Crippen LogP contribution >= 0.6 is 15.9 Å². The summed E-state index contributed by atoms with van der Waals surface area (Å²) in [7, 11) is -3.23. The topological polar surface area (TPSA) is 58.6 Å². The van der Waals surface area contributed by atoms with E-state index in [1.807, 2.05) is 38.1 Å². The van der Waals surface area contributed by atoms with Gasteiger partial charge in [0.2, 0.25) is 10.0 Å². The molecule has 2 rings (SSSR count). The average molecular weight is 391 g/mol. The van der Waals surface area contributed by atoms with Gasteiger partial charge in [0, 0.05) is 30.7 Å². The van der Waals surface area contributed by atoms with Crippen LogP contribution in [0.3, 0.4) is 0 Å². The molecule has 0 aliphatic carbocycles. The molecule has 1 aromatic carbocycles. The summed E-state index contributed by atoms with van der Waals surface area (Å²) >= 11 is 3.42. The number of hydrogen-bond acceptors (Lipinski definition) is 4. The standard InChI is InChI=1S/C15H23BrN2O3S/c1-12-10-18(11-13(2)21-12)22(19,20)7-6-17-9-14-4-3-5-15(16)8-14/h3-5,8,12-13,17H,6-7,9-11H2,1-2H3. The molecule has 1 aliphatic rings. The number of sulfonamides is 1. The van der Waals surface area contributed by atoms with Crippen LogP contribution in [0.4, 0.5) is 0 Å². The molecule has 124 valence electrons. The summed E-state index contributed by atoms with van der Waals surface area (Å²) < 4.78 is 32.9. The smallest absolute Gasteiger partial charge is 0.215 e. The molecule has 1 aromatic rings. The molecule has 22 heavy (non-hydrogen) atoms. The molecule has 0 radical (unpaired) electrons. The van der Waals surface area contributed by atoms with Crippen molar-refractivity contribution in [3.63, 3.8) is 0 Å². The largest absolute Gasteiger partial charge is 0.373 e. The van der Waals surface area contributed by atoms with Gasteiger partial charge >= 0.3 is 0 Å². The highest BCUT2D eigenvalue weighted by atomic mass is 79.9. The van der Waals surface area contributed by atoms with Crippen LogP contribution in [-0.2, 0) is 21.3 Å². The first-order valence-corrected chi connectivity index (χ1v) is 9.85. The first-order valence-electron chi connectivity index (χ1n) is 7.45. The Labute approximate surface area is 141 Å². The number of nitrogens with zero attached hydrogens (tertiary/aromatic N) is 1. The van der Waals surface area contributed by atoms with E-state index in [-0.39, 0.29) is 18.0 Å². The Kier molecular flexibility index (Phi) is 6.40. The van der Waals surface area contributed by atoms with E-state index in [1.54, 1.807) is 4.31 Å². The van der Waals surface area contributed by atoms with Gasteiger partial charge in [0.25, 0.3) is 0 Å². The van der Waals surface area contributed by atoms with Crippen molar-refractivity contribution >= 4 is 26.0 Å². The molecule has 0 bridgehead atoms. The molecule has 1 saturated heterocycles. The van der Waals surface area contributed by atoms with Gasteiger partial charge in [0.15, 0.2) is 0 Å². The van der Waals surface area contributed by atoms with Crippen molar-refractivity contribution in [3.8, 4) is 0 Å². The van der Waals surface area contributed by atoms with Crippen molar-refractivity contribution in [2.24, 2.45) is 0 Å². The third-order valence-electron chi connectivity index (χ3n) is 3.53. The van der Waals surface area contributed by atoms with Gasteiger partial charge in [0.05, 0.1) is 18.0 Å². The number of morpholine rings is 1. The first kappa shape index (κ1) is 17.9. The fraction of sp³-hybridized carbons (Fsp3) is 0.600. The van der Waals surface area contributed by atoms with E-state index in [0.29, 0.717) is 26.2 Å². The SMILES string of the molecule is CC1CN(S(=O)(=O)CCNCc2cccc(Br)c2)CC(C)O1. The van der Waals surface area contributed by atoms with Gasteiger partial charge in [-0.2, -0.15) is 4.31 Å². The van der Waals surface area contributed by atoms with E-state index in [2.05, 4.69) is 21.2 Å². The van der Waals surface area contributed by atoms with Gasteiger partial charge < -0.3 is 10.1 Å². The number of rotatable bonds is 6. The van der Waals surface area contributed by atoms with E-state index in [4.69, 9.17) is 4.74 Å². The van der Waals surface area contributed by atoms with Crippen LogP contribution in [0.25, 0.3) is 0 Å². The van der Waals surface area contributed by atoms with Crippen molar-refractivity contribution in [3.05, 3.63) is 34.3 Å². The van der Waals surface area contributed by atoms with Gasteiger partial charge in [-0.05, 0) is 31.5 Å². The van der Waals surface area contributed by atoms with E-state index < -0.39 is 10.0 Å². The monoisotopic (exact) mass is 390 g/mol. The number of ether oxygens (including phenoxy) is 1. The molecule has 0 saturated carbocycles. The number of hydrogen-bond donors (Lipinski definition) is 1. The second-order valence-electron chi connectivity index (χ2n) is 5.70. The van der Waals surface area contributed by atoms with E-state index >= 15 is 0 Å². The molecule has 2 unspecified atom stereocenters. The van der Waals surface area contributed by atoms with Crippen LogP contribution in [0.1, 0.15) is 19.4 Å². The van der Waals surface area contributed by atoms with Gasteiger partial charge in [-0.25, -0.2) is 8.42 Å². The third kappa shape index (κ3) is 5.31. The third-order valence-corrected chi connectivity index (χ3v) is 5.83. The second-order valence-corrected chi connectivity index (χ2v) is 8.70. The maximum Gasteiger partial charge on any atom is 0.215 e. The summed E-state index contributed by atoms with van der Waals surface area (Å²) in [6.07, 6.45) is -0.0960. The molecule has 5 nitrogen and oxygen atoms in total. The predicted octanol–water partition coefficient (Wildman–Crippen LogP) is 1.98. The quantitative estimate of drug-likeness (QED) is 0.754. The number of benzene rings is 1. The van der Waals surface area contributed by atoms with Gasteiger partial charge in [-0.3, -0.25) is 0 Å². The maximum absolute atomic E-state index is 12.4. The molecule has 0 aromatic heterocycles. The molecule has 2 atom stereocenters. The molecular formula is C15H23BrN2O3S.